The number of nitrogens with zero attached hydrogens (tertiary/aromatic N) is 9. The van der Waals surface area contributed by atoms with Crippen molar-refractivity contribution in [3.63, 3.8) is 0 Å². The summed E-state index contributed by atoms with van der Waals surface area (Å²) in [5.74, 6) is 3.67. The molecule has 11 rings (SSSR count). The first kappa shape index (κ1) is 46.6. The number of phenolic OH excluding ortho intramolecular Hbond substituents is 1. The molecule has 1 saturated carbocycles. The van der Waals surface area contributed by atoms with Crippen molar-refractivity contribution in [1.29, 1.82) is 0 Å². The highest BCUT2D eigenvalue weighted by molar-refractivity contribution is 5.91. The number of piperazine rings is 1. The minimum absolute atomic E-state index is 0.0933. The molecule has 7 aliphatic rings. The van der Waals surface area contributed by atoms with Crippen molar-refractivity contribution in [2.75, 3.05) is 87.1 Å². The highest BCUT2D eigenvalue weighted by Gasteiger charge is 2.55. The third-order valence-corrected chi connectivity index (χ3v) is 17.1. The summed E-state index contributed by atoms with van der Waals surface area (Å²) in [6, 6.07) is 20.0. The summed E-state index contributed by atoms with van der Waals surface area (Å²) < 4.78 is 5.93. The maximum Gasteiger partial charge on any atom is 0.243 e. The van der Waals surface area contributed by atoms with Crippen LogP contribution < -0.4 is 20.4 Å². The van der Waals surface area contributed by atoms with E-state index in [1.807, 2.05) is 69.3 Å². The lowest BCUT2D eigenvalue weighted by atomic mass is 9.60. The normalized spacial score (nSPS) is 25.4. The van der Waals surface area contributed by atoms with Gasteiger partial charge in [-0.1, -0.05) is 49.2 Å². The zero-order valence-electron chi connectivity index (χ0n) is 40.9. The van der Waals surface area contributed by atoms with Crippen LogP contribution in [0.1, 0.15) is 94.6 Å². The molecule has 4 N–H and O–H groups in total. The highest BCUT2D eigenvalue weighted by Crippen LogP contribution is 2.52. The largest absolute Gasteiger partial charge is 0.507 e. The van der Waals surface area contributed by atoms with Crippen molar-refractivity contribution in [3.05, 3.63) is 77.6 Å². The van der Waals surface area contributed by atoms with Crippen molar-refractivity contribution in [2.45, 2.75) is 114 Å². The molecule has 8 heterocycles. The molecule has 5 atom stereocenters. The molecule has 2 aromatic heterocycles. The van der Waals surface area contributed by atoms with E-state index in [0.717, 1.165) is 67.7 Å². The van der Waals surface area contributed by atoms with E-state index >= 15 is 0 Å². The number of aliphatic hydroxyl groups is 1. The fourth-order valence-electron chi connectivity index (χ4n) is 13.1. The molecule has 2 amide bonds. The van der Waals surface area contributed by atoms with E-state index in [1.165, 1.54) is 69.6 Å². The second-order valence-electron chi connectivity index (χ2n) is 21.9. The number of aromatic nitrogens is 3. The Morgan fingerprint density at radius 2 is 1.56 bits per heavy atom. The quantitative estimate of drug-likeness (QED) is 0.150. The molecule has 2 aromatic carbocycles. The van der Waals surface area contributed by atoms with E-state index in [0.29, 0.717) is 46.6 Å². The van der Waals surface area contributed by atoms with Gasteiger partial charge in [0.15, 0.2) is 17.4 Å². The Balaban J connectivity index is 0.617. The Labute approximate surface area is 411 Å². The van der Waals surface area contributed by atoms with E-state index in [1.54, 1.807) is 6.07 Å². The first-order valence-electron chi connectivity index (χ1n) is 25.9. The van der Waals surface area contributed by atoms with Gasteiger partial charge in [-0.25, -0.2) is 0 Å². The molecule has 1 aliphatic carbocycles. The second-order valence-corrected chi connectivity index (χ2v) is 21.9. The van der Waals surface area contributed by atoms with Crippen LogP contribution in [0.4, 0.5) is 17.3 Å². The number of carbonyl (C=O) groups is 2. The number of benzene rings is 2. The smallest absolute Gasteiger partial charge is 0.243 e. The van der Waals surface area contributed by atoms with Gasteiger partial charge in [-0.3, -0.25) is 14.5 Å². The number of aliphatic hydroxyl groups excluding tert-OH is 1. The van der Waals surface area contributed by atoms with Crippen molar-refractivity contribution >= 4 is 29.1 Å². The van der Waals surface area contributed by atoms with Crippen molar-refractivity contribution in [2.24, 2.45) is 11.3 Å². The zero-order valence-corrected chi connectivity index (χ0v) is 40.9. The molecule has 16 nitrogen and oxygen atoms in total. The van der Waals surface area contributed by atoms with Crippen molar-refractivity contribution in [3.8, 4) is 29.4 Å². The summed E-state index contributed by atoms with van der Waals surface area (Å²) in [5, 5.41) is 41.2. The number of para-hydroxylation sites is 1. The molecule has 1 spiro atoms. The Morgan fingerprint density at radius 3 is 2.26 bits per heavy atom. The van der Waals surface area contributed by atoms with E-state index in [9.17, 15) is 19.8 Å². The van der Waals surface area contributed by atoms with Gasteiger partial charge in [0.1, 0.15) is 17.7 Å². The van der Waals surface area contributed by atoms with Crippen LogP contribution in [0, 0.1) is 23.7 Å². The third-order valence-electron chi connectivity index (χ3n) is 17.1. The maximum absolute atomic E-state index is 14.3. The van der Waals surface area contributed by atoms with E-state index in [-0.39, 0.29) is 42.5 Å². The number of carbonyl (C=O) groups excluding carboxylic acids is 2. The molecule has 6 aliphatic heterocycles. The van der Waals surface area contributed by atoms with E-state index < -0.39 is 18.1 Å². The van der Waals surface area contributed by atoms with Crippen LogP contribution in [-0.4, -0.2) is 165 Å². The first-order valence-corrected chi connectivity index (χ1v) is 25.9. The van der Waals surface area contributed by atoms with Crippen molar-refractivity contribution < 1.29 is 24.3 Å². The number of fused-ring (bicyclic) bond motifs is 3. The molecule has 16 heteroatoms. The van der Waals surface area contributed by atoms with Gasteiger partial charge in [-0.2, -0.15) is 0 Å². The second kappa shape index (κ2) is 19.1. The van der Waals surface area contributed by atoms with Gasteiger partial charge in [-0.15, -0.1) is 16.6 Å². The lowest BCUT2D eigenvalue weighted by molar-refractivity contribution is -0.141. The van der Waals surface area contributed by atoms with Crippen LogP contribution in [0.3, 0.4) is 0 Å². The van der Waals surface area contributed by atoms with Crippen LogP contribution in [0.5, 0.6) is 5.75 Å². The number of hydrogen-bond acceptors (Lipinski definition) is 14. The third kappa shape index (κ3) is 8.99. The predicted molar refractivity (Wildman–Crippen MR) is 268 cm³/mol. The molecule has 0 radical (unpaired) electrons. The number of aromatic hydroxyl groups is 1. The molecule has 6 fully saturated rings. The number of amides is 2. The van der Waals surface area contributed by atoms with Gasteiger partial charge >= 0.3 is 0 Å². The number of nitrogens with one attached hydrogen (secondary N) is 2. The summed E-state index contributed by atoms with van der Waals surface area (Å²) in [4.78, 5) is 42.5. The summed E-state index contributed by atoms with van der Waals surface area (Å²) in [5.41, 5.74) is 4.47. The monoisotopic (exact) mass is 952 g/mol. The summed E-state index contributed by atoms with van der Waals surface area (Å²) in [6.45, 7) is 16.5. The summed E-state index contributed by atoms with van der Waals surface area (Å²) in [6.07, 6.45) is 12.3. The van der Waals surface area contributed by atoms with Crippen LogP contribution in [-0.2, 0) is 9.59 Å². The Hall–Kier alpha value is -5.73. The van der Waals surface area contributed by atoms with Crippen LogP contribution in [0.2, 0.25) is 0 Å². The molecule has 0 bridgehead atoms. The number of β-amino-alcohol motifs (C(OH)–C–C–N with tert-alkyl or cyclic N) is 1. The molecule has 5 saturated heterocycles. The van der Waals surface area contributed by atoms with Gasteiger partial charge in [0.25, 0.3) is 0 Å². The Bertz CT molecular complexity index is 2570. The van der Waals surface area contributed by atoms with Gasteiger partial charge in [0.2, 0.25) is 11.8 Å². The molecule has 1 unspecified atom stereocenters. The minimum Gasteiger partial charge on any atom is -0.507 e. The number of anilines is 3. The van der Waals surface area contributed by atoms with Crippen LogP contribution in [0.15, 0.2) is 65.2 Å². The van der Waals surface area contributed by atoms with Gasteiger partial charge in [-0.05, 0) is 113 Å². The average molecular weight is 952 g/mol. The number of terminal acetylenes is 1. The molecule has 370 valence electrons. The van der Waals surface area contributed by atoms with Gasteiger partial charge < -0.3 is 49.9 Å². The van der Waals surface area contributed by atoms with Gasteiger partial charge in [0.05, 0.1) is 29.6 Å². The van der Waals surface area contributed by atoms with E-state index in [2.05, 4.69) is 62.5 Å². The Kier molecular flexibility index (Phi) is 12.7. The lowest BCUT2D eigenvalue weighted by Crippen LogP contribution is -2.67. The summed E-state index contributed by atoms with van der Waals surface area (Å²) >= 11 is 0. The highest BCUT2D eigenvalue weighted by atomic mass is 16.5. The van der Waals surface area contributed by atoms with Crippen LogP contribution >= 0.6 is 0 Å². The summed E-state index contributed by atoms with van der Waals surface area (Å²) in [7, 11) is 0. The molecular formula is C54H69N11O5. The molecular weight excluding hydrogens is 883 g/mol. The zero-order chi connectivity index (χ0) is 48.3. The van der Waals surface area contributed by atoms with Crippen LogP contribution in [0.25, 0.3) is 11.3 Å². The lowest BCUT2D eigenvalue weighted by Gasteiger charge is -2.61. The Morgan fingerprint density at radius 1 is 0.857 bits per heavy atom. The first-order chi connectivity index (χ1) is 33.9. The number of likely N-dealkylation sites (tertiary alicyclic amines) is 3. The standard InChI is InChI=1S/C54H69N11O5/c1-5-36-10-12-37(13-11-36)35(4)56-52(68)46-24-42(66)31-65(46)53(69)50(34(2)3)48-26-49(59-70-48)63-32-54(33-63)27-40(28-54)61-20-14-38(15-21-61)60-18-16-39(17-19-60)62-22-23-64-41(30-62)29-55-51-45(64)25-44(57-58-51)43-8-6-7-9-47(43)67/h1,6-13,25-26,34-35,38-42,46,50,66-67H,14-24,27-33H2,2-4H3,(H,55,58)(H,56,68)/t35-,41-,42+,46-,50?/m0/s1. The topological polar surface area (TPSA) is 170 Å². The average Bonchev–Trinajstić information content (AvgIpc) is 4.00. The number of piperidine rings is 2. The van der Waals surface area contributed by atoms with E-state index in [4.69, 9.17) is 10.9 Å². The SMILES string of the molecule is C#Cc1ccc([C@H](C)NC(=O)[C@@H]2C[C@@H](O)CN2C(=O)C(c2cc(N3CC4(CC(N5CCC(N6CCC(N7CCN8c9cc(-c%10ccccc%10O)nnc9NC[C@H]8C7)CC6)CC5)C4)C3)no2)C(C)C)cc1. The van der Waals surface area contributed by atoms with Gasteiger partial charge in [0, 0.05) is 93.0 Å². The number of phenols is 1. The van der Waals surface area contributed by atoms with Crippen molar-refractivity contribution in [1.82, 2.24) is 40.3 Å². The molecule has 70 heavy (non-hydrogen) atoms. The fourth-order valence-corrected chi connectivity index (χ4v) is 13.1. The molecule has 4 aromatic rings. The number of hydrogen-bond donors (Lipinski definition) is 4. The fraction of sp³-hybridized carbons (Fsp3) is 0.574. The number of rotatable bonds is 11. The maximum atomic E-state index is 14.3. The predicted octanol–water partition coefficient (Wildman–Crippen LogP) is 4.91. The minimum atomic E-state index is -0.790.